The maximum atomic E-state index is 10.5. The summed E-state index contributed by atoms with van der Waals surface area (Å²) in [7, 11) is 0. The molecule has 128 valence electrons. The molecule has 4 nitrogen and oxygen atoms in total. The Bertz CT molecular complexity index is 508. The van der Waals surface area contributed by atoms with Crippen LogP contribution < -0.4 is 5.32 Å². The number of hydrogen-bond acceptors (Lipinski definition) is 4. The van der Waals surface area contributed by atoms with E-state index < -0.39 is 11.7 Å². The lowest BCUT2D eigenvalue weighted by Gasteiger charge is -2.41. The van der Waals surface area contributed by atoms with E-state index in [2.05, 4.69) is 5.32 Å². The van der Waals surface area contributed by atoms with Gasteiger partial charge >= 0.3 is 0 Å². The Hall–Kier alpha value is -0.650. The zero-order chi connectivity index (χ0) is 16.3. The van der Waals surface area contributed by atoms with E-state index in [1.165, 1.54) is 0 Å². The number of benzene rings is 1. The predicted octanol–water partition coefficient (Wildman–Crippen LogP) is 2.60. The van der Waals surface area contributed by atoms with Crippen LogP contribution in [-0.2, 0) is 10.3 Å². The highest BCUT2D eigenvalue weighted by Gasteiger charge is 2.41. The van der Waals surface area contributed by atoms with Crippen molar-refractivity contribution in [3.63, 3.8) is 0 Å². The summed E-state index contributed by atoms with van der Waals surface area (Å²) >= 11 is 6.01. The van der Waals surface area contributed by atoms with Gasteiger partial charge in [-0.3, -0.25) is 0 Å². The molecule has 1 aromatic carbocycles. The lowest BCUT2D eigenvalue weighted by molar-refractivity contribution is -0.0737. The maximum absolute atomic E-state index is 10.5. The summed E-state index contributed by atoms with van der Waals surface area (Å²) in [6.45, 7) is 1.77. The fourth-order valence-electron chi connectivity index (χ4n) is 3.86. The van der Waals surface area contributed by atoms with Gasteiger partial charge < -0.3 is 20.3 Å². The SMILES string of the molecule is OC(CNC1(c2ccc(Cl)cc2)CCOCC1)C1(O)CCCC1. The molecule has 1 atom stereocenters. The van der Waals surface area contributed by atoms with E-state index in [0.717, 1.165) is 36.3 Å². The highest BCUT2D eigenvalue weighted by molar-refractivity contribution is 6.30. The Morgan fingerprint density at radius 1 is 1.09 bits per heavy atom. The molecule has 1 aliphatic carbocycles. The van der Waals surface area contributed by atoms with Crippen molar-refractivity contribution in [1.29, 1.82) is 0 Å². The number of rotatable bonds is 5. The van der Waals surface area contributed by atoms with Crippen LogP contribution in [0.1, 0.15) is 44.1 Å². The highest BCUT2D eigenvalue weighted by atomic mass is 35.5. The molecule has 1 unspecified atom stereocenters. The second-order valence-electron chi connectivity index (χ2n) is 6.91. The topological polar surface area (TPSA) is 61.7 Å². The van der Waals surface area contributed by atoms with Crippen molar-refractivity contribution in [1.82, 2.24) is 5.32 Å². The molecule has 0 bridgehead atoms. The summed E-state index contributed by atoms with van der Waals surface area (Å²) in [6, 6.07) is 7.88. The third-order valence-electron chi connectivity index (χ3n) is 5.47. The second-order valence-corrected chi connectivity index (χ2v) is 7.35. The third kappa shape index (κ3) is 3.72. The van der Waals surface area contributed by atoms with Crippen LogP contribution in [0, 0.1) is 0 Å². The first-order valence-corrected chi connectivity index (χ1v) is 8.91. The average molecular weight is 340 g/mol. The zero-order valence-corrected chi connectivity index (χ0v) is 14.2. The van der Waals surface area contributed by atoms with Gasteiger partial charge in [0, 0.05) is 30.3 Å². The molecule has 2 fully saturated rings. The molecular formula is C18H26ClNO3. The van der Waals surface area contributed by atoms with Crippen molar-refractivity contribution in [3.8, 4) is 0 Å². The molecule has 0 amide bonds. The zero-order valence-electron chi connectivity index (χ0n) is 13.4. The van der Waals surface area contributed by atoms with Crippen molar-refractivity contribution < 1.29 is 14.9 Å². The number of aliphatic hydroxyl groups is 2. The minimum Gasteiger partial charge on any atom is -0.389 e. The minimum absolute atomic E-state index is 0.223. The molecule has 1 aliphatic heterocycles. The molecule has 0 spiro atoms. The van der Waals surface area contributed by atoms with Gasteiger partial charge in [0.1, 0.15) is 0 Å². The largest absolute Gasteiger partial charge is 0.389 e. The minimum atomic E-state index is -0.931. The lowest BCUT2D eigenvalue weighted by atomic mass is 9.82. The molecular weight excluding hydrogens is 314 g/mol. The van der Waals surface area contributed by atoms with Gasteiger partial charge in [-0.2, -0.15) is 0 Å². The Labute approximate surface area is 142 Å². The highest BCUT2D eigenvalue weighted by Crippen LogP contribution is 2.35. The number of hydrogen-bond donors (Lipinski definition) is 3. The van der Waals surface area contributed by atoms with Crippen molar-refractivity contribution in [2.75, 3.05) is 19.8 Å². The predicted molar refractivity (Wildman–Crippen MR) is 90.6 cm³/mol. The third-order valence-corrected chi connectivity index (χ3v) is 5.72. The van der Waals surface area contributed by atoms with Gasteiger partial charge in [-0.25, -0.2) is 0 Å². The smallest absolute Gasteiger partial charge is 0.0951 e. The molecule has 1 aromatic rings. The summed E-state index contributed by atoms with van der Waals surface area (Å²) in [5.74, 6) is 0. The van der Waals surface area contributed by atoms with E-state index in [1.54, 1.807) is 0 Å². The second kappa shape index (κ2) is 7.08. The fourth-order valence-corrected chi connectivity index (χ4v) is 3.98. The number of nitrogens with one attached hydrogen (secondary N) is 1. The lowest BCUT2D eigenvalue weighted by Crippen LogP contribution is -2.53. The van der Waals surface area contributed by atoms with Gasteiger partial charge in [0.25, 0.3) is 0 Å². The van der Waals surface area contributed by atoms with Crippen LogP contribution in [0.15, 0.2) is 24.3 Å². The number of ether oxygens (including phenoxy) is 1. The number of halogens is 1. The van der Waals surface area contributed by atoms with Gasteiger partial charge in [-0.1, -0.05) is 36.6 Å². The molecule has 3 N–H and O–H groups in total. The molecule has 23 heavy (non-hydrogen) atoms. The van der Waals surface area contributed by atoms with Crippen LogP contribution in [0.2, 0.25) is 5.02 Å². The van der Waals surface area contributed by atoms with Crippen LogP contribution in [0.4, 0.5) is 0 Å². The van der Waals surface area contributed by atoms with E-state index >= 15 is 0 Å². The van der Waals surface area contributed by atoms with E-state index in [9.17, 15) is 10.2 Å². The molecule has 0 radical (unpaired) electrons. The molecule has 1 saturated heterocycles. The van der Waals surface area contributed by atoms with Gasteiger partial charge in [-0.15, -0.1) is 0 Å². The summed E-state index contributed by atoms with van der Waals surface area (Å²) in [6.07, 6.45) is 4.31. The first kappa shape index (κ1) is 17.2. The first-order valence-electron chi connectivity index (χ1n) is 8.53. The van der Waals surface area contributed by atoms with E-state index in [1.807, 2.05) is 24.3 Å². The van der Waals surface area contributed by atoms with E-state index in [4.69, 9.17) is 16.3 Å². The van der Waals surface area contributed by atoms with E-state index in [-0.39, 0.29) is 5.54 Å². The van der Waals surface area contributed by atoms with Crippen LogP contribution in [0.5, 0.6) is 0 Å². The normalized spacial score (nSPS) is 24.5. The van der Waals surface area contributed by atoms with Gasteiger partial charge in [0.2, 0.25) is 0 Å². The standard InChI is InChI=1S/C18H26ClNO3/c19-15-5-3-14(4-6-15)17(9-11-23-12-10-17)20-13-16(21)18(22)7-1-2-8-18/h3-6,16,20-22H,1-2,7-13H2. The fraction of sp³-hybridized carbons (Fsp3) is 0.667. The summed E-state index contributed by atoms with van der Waals surface area (Å²) in [4.78, 5) is 0. The maximum Gasteiger partial charge on any atom is 0.0951 e. The first-order chi connectivity index (χ1) is 11.0. The molecule has 0 aromatic heterocycles. The summed E-state index contributed by atoms with van der Waals surface area (Å²) in [5.41, 5.74) is 0.00816. The van der Waals surface area contributed by atoms with Crippen molar-refractivity contribution >= 4 is 11.6 Å². The number of aliphatic hydroxyl groups excluding tert-OH is 1. The van der Waals surface area contributed by atoms with Gasteiger partial charge in [-0.05, 0) is 43.4 Å². The van der Waals surface area contributed by atoms with E-state index in [0.29, 0.717) is 32.6 Å². The summed E-state index contributed by atoms with van der Waals surface area (Å²) in [5, 5.41) is 25.3. The molecule has 5 heteroatoms. The molecule has 2 aliphatic rings. The van der Waals surface area contributed by atoms with Crippen LogP contribution in [-0.4, -0.2) is 41.7 Å². The van der Waals surface area contributed by atoms with Crippen LogP contribution in [0.25, 0.3) is 0 Å². The molecule has 1 saturated carbocycles. The molecule has 3 rings (SSSR count). The quantitative estimate of drug-likeness (QED) is 0.771. The summed E-state index contributed by atoms with van der Waals surface area (Å²) < 4.78 is 5.52. The Balaban J connectivity index is 1.73. The van der Waals surface area contributed by atoms with Crippen LogP contribution >= 0.6 is 11.6 Å². The molecule has 1 heterocycles. The van der Waals surface area contributed by atoms with Gasteiger partial charge in [0.05, 0.1) is 11.7 Å². The Kier molecular flexibility index (Phi) is 5.29. The monoisotopic (exact) mass is 339 g/mol. The van der Waals surface area contributed by atoms with Crippen molar-refractivity contribution in [2.24, 2.45) is 0 Å². The van der Waals surface area contributed by atoms with Crippen LogP contribution in [0.3, 0.4) is 0 Å². The average Bonchev–Trinajstić information content (AvgIpc) is 3.02. The van der Waals surface area contributed by atoms with Gasteiger partial charge in [0.15, 0.2) is 0 Å². The Morgan fingerprint density at radius 2 is 1.70 bits per heavy atom. The Morgan fingerprint density at radius 3 is 2.30 bits per heavy atom. The van der Waals surface area contributed by atoms with Crippen molar-refractivity contribution in [2.45, 2.75) is 55.8 Å². The van der Waals surface area contributed by atoms with Crippen molar-refractivity contribution in [3.05, 3.63) is 34.9 Å².